The van der Waals surface area contributed by atoms with Gasteiger partial charge in [0, 0.05) is 13.1 Å². The molecule has 1 amide bonds. The molecule has 0 aromatic heterocycles. The molecule has 0 aromatic rings. The van der Waals surface area contributed by atoms with Crippen molar-refractivity contribution in [2.75, 3.05) is 19.6 Å². The van der Waals surface area contributed by atoms with Crippen LogP contribution in [0.15, 0.2) is 0 Å². The van der Waals surface area contributed by atoms with Crippen LogP contribution < -0.4 is 16.0 Å². The number of carbonyl (C=O) groups is 1. The molecule has 2 heterocycles. The van der Waals surface area contributed by atoms with Gasteiger partial charge in [-0.25, -0.2) is 0 Å². The van der Waals surface area contributed by atoms with Crippen molar-refractivity contribution in [3.05, 3.63) is 0 Å². The molecule has 62 valence electrons. The highest BCUT2D eigenvalue weighted by Crippen LogP contribution is 2.02. The van der Waals surface area contributed by atoms with Gasteiger partial charge in [-0.2, -0.15) is 0 Å². The molecular weight excluding hydrogens is 142 g/mol. The second-order valence-corrected chi connectivity index (χ2v) is 3.16. The lowest BCUT2D eigenvalue weighted by Crippen LogP contribution is -2.62. The number of hydrogen-bond donors (Lipinski definition) is 3. The zero-order chi connectivity index (χ0) is 7.68. The van der Waals surface area contributed by atoms with Crippen LogP contribution in [0.4, 0.5) is 0 Å². The van der Waals surface area contributed by atoms with Gasteiger partial charge in [-0.05, 0) is 13.0 Å². The van der Waals surface area contributed by atoms with Crippen molar-refractivity contribution in [1.82, 2.24) is 16.0 Å². The number of rotatable bonds is 2. The average molecular weight is 155 g/mol. The molecule has 0 unspecified atom stereocenters. The zero-order valence-electron chi connectivity index (χ0n) is 6.39. The molecule has 3 N–H and O–H groups in total. The Labute approximate surface area is 65.7 Å². The van der Waals surface area contributed by atoms with E-state index >= 15 is 0 Å². The molecule has 2 rings (SSSR count). The van der Waals surface area contributed by atoms with E-state index in [1.165, 1.54) is 0 Å². The summed E-state index contributed by atoms with van der Waals surface area (Å²) in [6.45, 7) is 2.85. The van der Waals surface area contributed by atoms with E-state index in [1.54, 1.807) is 0 Å². The van der Waals surface area contributed by atoms with E-state index in [-0.39, 0.29) is 11.9 Å². The van der Waals surface area contributed by atoms with Crippen LogP contribution in [-0.4, -0.2) is 37.6 Å². The van der Waals surface area contributed by atoms with Crippen molar-refractivity contribution in [1.29, 1.82) is 0 Å². The molecule has 11 heavy (non-hydrogen) atoms. The van der Waals surface area contributed by atoms with Crippen molar-refractivity contribution < 1.29 is 4.79 Å². The fraction of sp³-hybridized carbons (Fsp3) is 0.857. The van der Waals surface area contributed by atoms with Gasteiger partial charge in [-0.15, -0.1) is 0 Å². The molecule has 0 aliphatic carbocycles. The normalized spacial score (nSPS) is 30.4. The lowest BCUT2D eigenvalue weighted by molar-refractivity contribution is -0.125. The van der Waals surface area contributed by atoms with Crippen LogP contribution in [0.25, 0.3) is 0 Å². The van der Waals surface area contributed by atoms with E-state index in [2.05, 4.69) is 16.0 Å². The van der Waals surface area contributed by atoms with Gasteiger partial charge >= 0.3 is 0 Å². The van der Waals surface area contributed by atoms with Crippen LogP contribution in [0.3, 0.4) is 0 Å². The summed E-state index contributed by atoms with van der Waals surface area (Å²) in [7, 11) is 0. The summed E-state index contributed by atoms with van der Waals surface area (Å²) in [6, 6.07) is 0.473. The predicted molar refractivity (Wildman–Crippen MR) is 41.2 cm³/mol. The van der Waals surface area contributed by atoms with E-state index < -0.39 is 0 Å². The fourth-order valence-electron chi connectivity index (χ4n) is 1.20. The van der Waals surface area contributed by atoms with Gasteiger partial charge in [0.05, 0.1) is 12.1 Å². The molecule has 4 nitrogen and oxygen atoms in total. The van der Waals surface area contributed by atoms with Crippen molar-refractivity contribution in [3.8, 4) is 0 Å². The van der Waals surface area contributed by atoms with E-state index in [0.29, 0.717) is 6.04 Å². The van der Waals surface area contributed by atoms with E-state index in [1.807, 2.05) is 0 Å². The van der Waals surface area contributed by atoms with Gasteiger partial charge in [0.1, 0.15) is 0 Å². The van der Waals surface area contributed by atoms with Gasteiger partial charge in [-0.3, -0.25) is 4.79 Å². The van der Waals surface area contributed by atoms with Gasteiger partial charge in [0.2, 0.25) is 5.91 Å². The quantitative estimate of drug-likeness (QED) is 0.452. The van der Waals surface area contributed by atoms with Crippen LogP contribution in [0, 0.1) is 0 Å². The Morgan fingerprint density at radius 1 is 1.45 bits per heavy atom. The minimum absolute atomic E-state index is 0.0931. The maximum Gasteiger partial charge on any atom is 0.237 e. The number of nitrogens with one attached hydrogen (secondary N) is 3. The second-order valence-electron chi connectivity index (χ2n) is 3.16. The second kappa shape index (κ2) is 2.79. The van der Waals surface area contributed by atoms with Crippen molar-refractivity contribution in [2.24, 2.45) is 0 Å². The Morgan fingerprint density at radius 2 is 2.18 bits per heavy atom. The Bertz CT molecular complexity index is 163. The molecule has 0 spiro atoms. The minimum atomic E-state index is 0.0931. The first kappa shape index (κ1) is 7.06. The van der Waals surface area contributed by atoms with Crippen molar-refractivity contribution >= 4 is 5.91 Å². The standard InChI is InChI=1S/C7H13N3O/c11-7(6-1-2-9-6)10-5-3-8-4-5/h5-6,8-9H,1-4H2,(H,10,11)/t6-/m1/s1. The highest BCUT2D eigenvalue weighted by Gasteiger charge is 2.27. The Balaban J connectivity index is 1.71. The van der Waals surface area contributed by atoms with Gasteiger partial charge in [-0.1, -0.05) is 0 Å². The van der Waals surface area contributed by atoms with Crippen LogP contribution >= 0.6 is 0 Å². The first-order valence-corrected chi connectivity index (χ1v) is 4.11. The summed E-state index contributed by atoms with van der Waals surface area (Å²) < 4.78 is 0. The summed E-state index contributed by atoms with van der Waals surface area (Å²) in [6.07, 6.45) is 0.992. The zero-order valence-corrected chi connectivity index (χ0v) is 6.39. The number of hydrogen-bond acceptors (Lipinski definition) is 3. The molecule has 2 aliphatic heterocycles. The lowest BCUT2D eigenvalue weighted by Gasteiger charge is -2.32. The van der Waals surface area contributed by atoms with Crippen molar-refractivity contribution in [2.45, 2.75) is 18.5 Å². The highest BCUT2D eigenvalue weighted by molar-refractivity contribution is 5.83. The average Bonchev–Trinajstić information content (AvgIpc) is 1.74. The molecule has 0 radical (unpaired) electrons. The maximum atomic E-state index is 11.2. The highest BCUT2D eigenvalue weighted by atomic mass is 16.2. The van der Waals surface area contributed by atoms with Crippen LogP contribution in [0.2, 0.25) is 0 Å². The third kappa shape index (κ3) is 1.36. The number of amides is 1. The molecule has 2 aliphatic rings. The first-order valence-electron chi connectivity index (χ1n) is 4.11. The monoisotopic (exact) mass is 155 g/mol. The SMILES string of the molecule is O=C(NC1CNC1)[C@H]1CCN1. The summed E-state index contributed by atoms with van der Waals surface area (Å²) in [5.41, 5.74) is 0. The Morgan fingerprint density at radius 3 is 2.55 bits per heavy atom. The molecule has 2 saturated heterocycles. The van der Waals surface area contributed by atoms with Gasteiger partial charge in [0.15, 0.2) is 0 Å². The van der Waals surface area contributed by atoms with Crippen LogP contribution in [0.1, 0.15) is 6.42 Å². The Hall–Kier alpha value is -0.610. The molecule has 1 atom stereocenters. The topological polar surface area (TPSA) is 53.2 Å². The largest absolute Gasteiger partial charge is 0.349 e. The number of carbonyl (C=O) groups excluding carboxylic acids is 1. The third-order valence-electron chi connectivity index (χ3n) is 2.27. The minimum Gasteiger partial charge on any atom is -0.349 e. The summed E-state index contributed by atoms with van der Waals surface area (Å²) in [5, 5.41) is 9.13. The summed E-state index contributed by atoms with van der Waals surface area (Å²) in [4.78, 5) is 11.2. The summed E-state index contributed by atoms with van der Waals surface area (Å²) >= 11 is 0. The fourth-order valence-corrected chi connectivity index (χ4v) is 1.20. The van der Waals surface area contributed by atoms with E-state index in [9.17, 15) is 4.79 Å². The molecule has 4 heteroatoms. The predicted octanol–water partition coefficient (Wildman–Crippen LogP) is -1.56. The Kier molecular flexibility index (Phi) is 1.79. The van der Waals surface area contributed by atoms with Gasteiger partial charge < -0.3 is 16.0 Å². The summed E-state index contributed by atoms with van der Waals surface area (Å²) in [5.74, 6) is 0.169. The molecule has 0 aromatic carbocycles. The maximum absolute atomic E-state index is 11.2. The molecule has 2 fully saturated rings. The van der Waals surface area contributed by atoms with Crippen molar-refractivity contribution in [3.63, 3.8) is 0 Å². The molecule has 0 bridgehead atoms. The smallest absolute Gasteiger partial charge is 0.237 e. The molecular formula is C7H13N3O. The van der Waals surface area contributed by atoms with Gasteiger partial charge in [0.25, 0.3) is 0 Å². The third-order valence-corrected chi connectivity index (χ3v) is 2.27. The first-order chi connectivity index (χ1) is 5.36. The van der Waals surface area contributed by atoms with Crippen LogP contribution in [0.5, 0.6) is 0 Å². The molecule has 0 saturated carbocycles. The van der Waals surface area contributed by atoms with Crippen LogP contribution in [-0.2, 0) is 4.79 Å². The van der Waals surface area contributed by atoms with E-state index in [0.717, 1.165) is 26.1 Å². The lowest BCUT2D eigenvalue weighted by atomic mass is 10.1. The van der Waals surface area contributed by atoms with E-state index in [4.69, 9.17) is 0 Å².